The fourth-order valence-corrected chi connectivity index (χ4v) is 2.24. The second-order valence-corrected chi connectivity index (χ2v) is 7.63. The third-order valence-electron chi connectivity index (χ3n) is 3.79. The van der Waals surface area contributed by atoms with Crippen LogP contribution in [-0.4, -0.2) is 30.3 Å². The van der Waals surface area contributed by atoms with Crippen molar-refractivity contribution in [2.75, 3.05) is 6.54 Å². The molecule has 0 aromatic rings. The monoisotopic (exact) mass is 355 g/mol. The minimum atomic E-state index is -0.441. The van der Waals surface area contributed by atoms with Crippen molar-refractivity contribution in [1.82, 2.24) is 5.32 Å². The van der Waals surface area contributed by atoms with Gasteiger partial charge in [0.2, 0.25) is 0 Å². The Balaban J connectivity index is 3.55. The molecule has 2 unspecified atom stereocenters. The Labute approximate surface area is 153 Å². The molecular weight excluding hydrogens is 318 g/mol. The first kappa shape index (κ1) is 23.5. The minimum absolute atomic E-state index is 0.0420. The topological polar surface area (TPSA) is 64.6 Å². The number of amides is 1. The molecule has 0 aromatic heterocycles. The third kappa shape index (κ3) is 15.7. The average Bonchev–Trinajstić information content (AvgIpc) is 2.46. The van der Waals surface area contributed by atoms with Gasteiger partial charge in [0.25, 0.3) is 0 Å². The third-order valence-corrected chi connectivity index (χ3v) is 3.79. The number of hydrogen-bond acceptors (Lipinski definition) is 4. The van der Waals surface area contributed by atoms with Gasteiger partial charge in [0.05, 0.1) is 0 Å². The van der Waals surface area contributed by atoms with Crippen LogP contribution in [0, 0.1) is 5.92 Å². The number of carbonyl (C=O) groups is 2. The van der Waals surface area contributed by atoms with Crippen molar-refractivity contribution in [1.29, 1.82) is 0 Å². The van der Waals surface area contributed by atoms with Gasteiger partial charge in [-0.05, 0) is 59.3 Å². The zero-order valence-electron chi connectivity index (χ0n) is 16.9. The van der Waals surface area contributed by atoms with Gasteiger partial charge in [0.1, 0.15) is 11.7 Å². The van der Waals surface area contributed by atoms with Crippen LogP contribution in [0.25, 0.3) is 0 Å². The predicted molar refractivity (Wildman–Crippen MR) is 101 cm³/mol. The molecule has 0 rings (SSSR count). The molecule has 1 amide bonds. The number of ether oxygens (including phenoxy) is 2. The van der Waals surface area contributed by atoms with E-state index in [1.54, 1.807) is 0 Å². The summed E-state index contributed by atoms with van der Waals surface area (Å²) in [4.78, 5) is 22.4. The van der Waals surface area contributed by atoms with Gasteiger partial charge in [-0.3, -0.25) is 4.79 Å². The summed E-state index contributed by atoms with van der Waals surface area (Å²) in [7, 11) is 0. The summed E-state index contributed by atoms with van der Waals surface area (Å²) in [5, 5.41) is 2.78. The van der Waals surface area contributed by atoms with Crippen molar-refractivity contribution in [3.05, 3.63) is 12.2 Å². The molecular formula is C20H37NO4. The number of rotatable bonds is 11. The van der Waals surface area contributed by atoms with Crippen LogP contribution in [0.5, 0.6) is 0 Å². The van der Waals surface area contributed by atoms with E-state index in [-0.39, 0.29) is 18.2 Å². The number of hydrogen-bond donors (Lipinski definition) is 1. The molecule has 0 saturated heterocycles. The standard InChI is InChI=1S/C20H37NO4/c1-16(17(2)24-18(3)22)14-12-10-8-7-9-11-13-15-21-19(23)25-20(4,5)6/h10,12,16-17H,7-9,11,13-15H2,1-6H3,(H,21,23). The Bertz CT molecular complexity index is 412. The summed E-state index contributed by atoms with van der Waals surface area (Å²) in [6.45, 7) is 11.7. The van der Waals surface area contributed by atoms with Crippen molar-refractivity contribution in [2.24, 2.45) is 5.92 Å². The van der Waals surface area contributed by atoms with Crippen molar-refractivity contribution >= 4 is 12.1 Å². The van der Waals surface area contributed by atoms with Crippen LogP contribution in [0.1, 0.15) is 80.1 Å². The quantitative estimate of drug-likeness (QED) is 0.322. The molecule has 146 valence electrons. The van der Waals surface area contributed by atoms with Gasteiger partial charge in [0, 0.05) is 13.5 Å². The van der Waals surface area contributed by atoms with Gasteiger partial charge in [-0.1, -0.05) is 31.9 Å². The number of nitrogens with one attached hydrogen (secondary N) is 1. The minimum Gasteiger partial charge on any atom is -0.463 e. The van der Waals surface area contributed by atoms with Crippen LogP contribution in [0.15, 0.2) is 12.2 Å². The number of unbranched alkanes of at least 4 members (excludes halogenated alkanes) is 4. The summed E-state index contributed by atoms with van der Waals surface area (Å²) in [5.41, 5.74) is -0.441. The number of allylic oxidation sites excluding steroid dienone is 2. The molecule has 0 bridgehead atoms. The summed E-state index contributed by atoms with van der Waals surface area (Å²) < 4.78 is 10.4. The fourth-order valence-electron chi connectivity index (χ4n) is 2.24. The highest BCUT2D eigenvalue weighted by molar-refractivity contribution is 5.67. The molecule has 1 N–H and O–H groups in total. The molecule has 0 aliphatic rings. The summed E-state index contributed by atoms with van der Waals surface area (Å²) in [5.74, 6) is 0.114. The van der Waals surface area contributed by atoms with Gasteiger partial charge >= 0.3 is 12.1 Å². The van der Waals surface area contributed by atoms with Gasteiger partial charge in [0.15, 0.2) is 0 Å². The van der Waals surface area contributed by atoms with Crippen molar-refractivity contribution in [3.63, 3.8) is 0 Å². The second-order valence-electron chi connectivity index (χ2n) is 7.63. The highest BCUT2D eigenvalue weighted by atomic mass is 16.6. The van der Waals surface area contributed by atoms with Gasteiger partial charge in [-0.2, -0.15) is 0 Å². The lowest BCUT2D eigenvalue weighted by molar-refractivity contribution is -0.147. The van der Waals surface area contributed by atoms with Crippen LogP contribution >= 0.6 is 0 Å². The first-order chi connectivity index (χ1) is 11.6. The van der Waals surface area contributed by atoms with E-state index in [9.17, 15) is 9.59 Å². The molecule has 0 aromatic carbocycles. The molecule has 2 atom stereocenters. The normalized spacial score (nSPS) is 14.2. The lowest BCUT2D eigenvalue weighted by Gasteiger charge is -2.19. The van der Waals surface area contributed by atoms with Gasteiger partial charge in [-0.25, -0.2) is 4.79 Å². The molecule has 0 saturated carbocycles. The van der Waals surface area contributed by atoms with Crippen LogP contribution in [-0.2, 0) is 14.3 Å². The lowest BCUT2D eigenvalue weighted by atomic mass is 10.0. The van der Waals surface area contributed by atoms with E-state index in [1.807, 2.05) is 27.7 Å². The van der Waals surface area contributed by atoms with Crippen molar-refractivity contribution in [3.8, 4) is 0 Å². The smallest absolute Gasteiger partial charge is 0.407 e. The van der Waals surface area contributed by atoms with Crippen LogP contribution in [0.3, 0.4) is 0 Å². The highest BCUT2D eigenvalue weighted by Gasteiger charge is 2.15. The Kier molecular flexibility index (Phi) is 12.0. The maximum Gasteiger partial charge on any atom is 0.407 e. The average molecular weight is 356 g/mol. The molecule has 0 heterocycles. The van der Waals surface area contributed by atoms with E-state index in [1.165, 1.54) is 6.92 Å². The maximum atomic E-state index is 11.5. The summed E-state index contributed by atoms with van der Waals surface area (Å²) >= 11 is 0. The van der Waals surface area contributed by atoms with Crippen LogP contribution in [0.4, 0.5) is 4.79 Å². The molecule has 0 fully saturated rings. The number of esters is 1. The lowest BCUT2D eigenvalue weighted by Crippen LogP contribution is -2.32. The molecule has 5 nitrogen and oxygen atoms in total. The van der Waals surface area contributed by atoms with Crippen LogP contribution < -0.4 is 5.32 Å². The van der Waals surface area contributed by atoms with E-state index >= 15 is 0 Å². The molecule has 0 aliphatic carbocycles. The Morgan fingerprint density at radius 2 is 1.68 bits per heavy atom. The Morgan fingerprint density at radius 1 is 1.04 bits per heavy atom. The van der Waals surface area contributed by atoms with E-state index in [0.717, 1.165) is 38.5 Å². The Hall–Kier alpha value is -1.52. The summed E-state index contributed by atoms with van der Waals surface area (Å²) in [6.07, 6.45) is 10.4. The largest absolute Gasteiger partial charge is 0.463 e. The van der Waals surface area contributed by atoms with Crippen molar-refractivity contribution < 1.29 is 19.1 Å². The molecule has 0 spiro atoms. The summed E-state index contributed by atoms with van der Waals surface area (Å²) in [6, 6.07) is 0. The van der Waals surface area contributed by atoms with E-state index in [4.69, 9.17) is 9.47 Å². The zero-order chi connectivity index (χ0) is 19.3. The number of carbonyl (C=O) groups excluding carboxylic acids is 2. The van der Waals surface area contributed by atoms with E-state index in [0.29, 0.717) is 12.5 Å². The first-order valence-electron chi connectivity index (χ1n) is 9.41. The molecule has 0 radical (unpaired) electrons. The first-order valence-corrected chi connectivity index (χ1v) is 9.41. The van der Waals surface area contributed by atoms with E-state index in [2.05, 4.69) is 24.4 Å². The van der Waals surface area contributed by atoms with Gasteiger partial charge < -0.3 is 14.8 Å². The predicted octanol–water partition coefficient (Wildman–Crippen LogP) is 5.00. The van der Waals surface area contributed by atoms with Gasteiger partial charge in [-0.15, -0.1) is 0 Å². The fraction of sp³-hybridized carbons (Fsp3) is 0.800. The zero-order valence-corrected chi connectivity index (χ0v) is 16.9. The van der Waals surface area contributed by atoms with Crippen LogP contribution in [0.2, 0.25) is 0 Å². The van der Waals surface area contributed by atoms with Crippen molar-refractivity contribution in [2.45, 2.75) is 91.8 Å². The van der Waals surface area contributed by atoms with E-state index < -0.39 is 5.60 Å². The second kappa shape index (κ2) is 12.8. The SMILES string of the molecule is CC(=O)OC(C)C(C)CC=CCCCCCCNC(=O)OC(C)(C)C. The molecule has 0 aliphatic heterocycles. The maximum absolute atomic E-state index is 11.5. The molecule has 5 heteroatoms. The number of alkyl carbamates (subject to hydrolysis) is 1. The Morgan fingerprint density at radius 3 is 2.28 bits per heavy atom. The highest BCUT2D eigenvalue weighted by Crippen LogP contribution is 2.13. The molecule has 25 heavy (non-hydrogen) atoms.